The van der Waals surface area contributed by atoms with Crippen LogP contribution in [0.4, 0.5) is 17.6 Å². The number of H-pyrrole nitrogens is 1. The first-order chi connectivity index (χ1) is 16.1. The van der Waals surface area contributed by atoms with Gasteiger partial charge in [-0.15, -0.1) is 0 Å². The molecule has 4 aromatic rings. The lowest BCUT2D eigenvalue weighted by Gasteiger charge is -2.33. The molecule has 33 heavy (non-hydrogen) atoms. The van der Waals surface area contributed by atoms with Crippen molar-refractivity contribution in [3.8, 4) is 11.3 Å². The Hall–Kier alpha value is -4.14. The number of hydrogen-bond donors (Lipinski definition) is 4. The van der Waals surface area contributed by atoms with Crippen LogP contribution in [0.2, 0.25) is 0 Å². The number of aromatic amines is 1. The Bertz CT molecular complexity index is 1290. The molecule has 1 aliphatic rings. The van der Waals surface area contributed by atoms with Crippen LogP contribution in [-0.2, 0) is 11.3 Å². The van der Waals surface area contributed by atoms with Crippen molar-refractivity contribution >= 4 is 34.4 Å². The summed E-state index contributed by atoms with van der Waals surface area (Å²) in [4.78, 5) is 23.8. The normalized spacial score (nSPS) is 16.1. The lowest BCUT2D eigenvalue weighted by atomic mass is 9.97. The number of rotatable bonds is 5. The summed E-state index contributed by atoms with van der Waals surface area (Å²) in [5.41, 5.74) is 15.4. The summed E-state index contributed by atoms with van der Waals surface area (Å²) >= 11 is 0. The zero-order valence-electron chi connectivity index (χ0n) is 18.2. The highest BCUT2D eigenvalue weighted by Gasteiger charge is 2.27. The minimum Gasteiger partial charge on any atom is -0.382 e. The Morgan fingerprint density at radius 2 is 1.97 bits per heavy atom. The molecule has 0 bridgehead atoms. The van der Waals surface area contributed by atoms with Crippen LogP contribution in [0.3, 0.4) is 0 Å². The molecule has 5 rings (SSSR count). The van der Waals surface area contributed by atoms with Crippen molar-refractivity contribution in [1.82, 2.24) is 25.5 Å². The predicted octanol–water partition coefficient (Wildman–Crippen LogP) is 2.72. The quantitative estimate of drug-likeness (QED) is 0.373. The molecule has 0 radical (unpaired) electrons. The number of fused-ring (bicyclic) bond motifs is 1. The van der Waals surface area contributed by atoms with E-state index in [1.807, 2.05) is 54.6 Å². The molecule has 6 N–H and O–H groups in total. The zero-order valence-corrected chi connectivity index (χ0v) is 18.2. The summed E-state index contributed by atoms with van der Waals surface area (Å²) in [5.74, 6) is 1.34. The Kier molecular flexibility index (Phi) is 5.52. The number of nitrogens with zero attached hydrogens (tertiary/aromatic N) is 4. The van der Waals surface area contributed by atoms with Crippen LogP contribution in [-0.4, -0.2) is 39.2 Å². The minimum absolute atomic E-state index is 0.0630. The molecule has 9 heteroatoms. The monoisotopic (exact) mass is 442 g/mol. The van der Waals surface area contributed by atoms with E-state index in [-0.39, 0.29) is 17.8 Å². The predicted molar refractivity (Wildman–Crippen MR) is 129 cm³/mol. The molecule has 0 aliphatic carbocycles. The maximum Gasteiger partial charge on any atom is 0.225 e. The molecule has 2 aromatic carbocycles. The first kappa shape index (κ1) is 20.7. The summed E-state index contributed by atoms with van der Waals surface area (Å²) in [6.07, 6.45) is 1.75. The van der Waals surface area contributed by atoms with Crippen LogP contribution in [0.1, 0.15) is 18.4 Å². The third-order valence-corrected chi connectivity index (χ3v) is 6.04. The van der Waals surface area contributed by atoms with Gasteiger partial charge in [-0.3, -0.25) is 9.89 Å². The van der Waals surface area contributed by atoms with Crippen molar-refractivity contribution in [2.45, 2.75) is 19.4 Å². The van der Waals surface area contributed by atoms with Gasteiger partial charge in [0.15, 0.2) is 5.82 Å². The fourth-order valence-electron chi connectivity index (χ4n) is 4.29. The van der Waals surface area contributed by atoms with Gasteiger partial charge in [0.1, 0.15) is 5.82 Å². The first-order valence-electron chi connectivity index (χ1n) is 11.0. The number of benzene rings is 2. The van der Waals surface area contributed by atoms with Crippen molar-refractivity contribution in [3.63, 3.8) is 0 Å². The largest absolute Gasteiger partial charge is 0.382 e. The molecule has 0 saturated carbocycles. The molecule has 168 valence electrons. The highest BCUT2D eigenvalue weighted by Crippen LogP contribution is 2.29. The second kappa shape index (κ2) is 8.78. The highest BCUT2D eigenvalue weighted by molar-refractivity contribution is 5.91. The molecule has 0 spiro atoms. The van der Waals surface area contributed by atoms with E-state index < -0.39 is 0 Å². The van der Waals surface area contributed by atoms with Crippen LogP contribution >= 0.6 is 0 Å². The van der Waals surface area contributed by atoms with Crippen LogP contribution in [0.5, 0.6) is 0 Å². The van der Waals surface area contributed by atoms with E-state index in [0.717, 1.165) is 47.2 Å². The van der Waals surface area contributed by atoms with Gasteiger partial charge in [0.2, 0.25) is 11.9 Å². The van der Waals surface area contributed by atoms with E-state index in [1.165, 1.54) is 0 Å². The first-order valence-corrected chi connectivity index (χ1v) is 11.0. The third-order valence-electron chi connectivity index (χ3n) is 6.04. The Morgan fingerprint density at radius 1 is 1.12 bits per heavy atom. The van der Waals surface area contributed by atoms with Gasteiger partial charge in [-0.05, 0) is 30.5 Å². The number of piperidine rings is 1. The number of aromatic nitrogens is 4. The summed E-state index contributed by atoms with van der Waals surface area (Å²) < 4.78 is 0. The van der Waals surface area contributed by atoms with Crippen LogP contribution < -0.4 is 21.7 Å². The summed E-state index contributed by atoms with van der Waals surface area (Å²) in [6.45, 7) is 1.93. The van der Waals surface area contributed by atoms with Gasteiger partial charge >= 0.3 is 0 Å². The summed E-state index contributed by atoms with van der Waals surface area (Å²) in [6, 6.07) is 17.6. The Labute approximate surface area is 191 Å². The van der Waals surface area contributed by atoms with E-state index in [9.17, 15) is 4.79 Å². The number of carbonyl (C=O) groups is 1. The van der Waals surface area contributed by atoms with E-state index in [0.29, 0.717) is 24.6 Å². The second-order valence-electron chi connectivity index (χ2n) is 8.33. The fourth-order valence-corrected chi connectivity index (χ4v) is 4.29. The third kappa shape index (κ3) is 4.43. The molecule has 1 saturated heterocycles. The van der Waals surface area contributed by atoms with Crippen molar-refractivity contribution in [3.05, 3.63) is 60.2 Å². The van der Waals surface area contributed by atoms with Gasteiger partial charge in [-0.2, -0.15) is 10.1 Å². The van der Waals surface area contributed by atoms with E-state index in [1.54, 1.807) is 0 Å². The maximum absolute atomic E-state index is 12.8. The smallest absolute Gasteiger partial charge is 0.225 e. The maximum atomic E-state index is 12.8. The number of carbonyl (C=O) groups excluding carboxylic acids is 1. The number of nitrogens with one attached hydrogen (secondary N) is 2. The molecule has 1 amide bonds. The Balaban J connectivity index is 1.33. The molecule has 1 atom stereocenters. The number of hydrogen-bond acceptors (Lipinski definition) is 7. The standard InChI is InChI=1S/C24H26N8O/c25-22-18-9-8-16(11-20(18)30-31-22)19-12-21(29-24(26)28-19)32-10-4-7-17(14-32)23(33)27-13-15-5-2-1-3-6-15/h1-3,5-6,8-9,11-12,17H,4,7,10,13-14H2,(H,27,33)(H3,25,30,31)(H2,26,28,29). The van der Waals surface area contributed by atoms with Gasteiger partial charge < -0.3 is 21.7 Å². The number of nitrogen functional groups attached to an aromatic ring is 2. The number of nitrogens with two attached hydrogens (primary N) is 2. The minimum atomic E-state index is -0.105. The molecule has 9 nitrogen and oxygen atoms in total. The second-order valence-corrected chi connectivity index (χ2v) is 8.33. The highest BCUT2D eigenvalue weighted by atomic mass is 16.1. The van der Waals surface area contributed by atoms with Gasteiger partial charge in [-0.1, -0.05) is 36.4 Å². The summed E-state index contributed by atoms with van der Waals surface area (Å²) in [5, 5.41) is 10.9. The van der Waals surface area contributed by atoms with Crippen LogP contribution in [0.25, 0.3) is 22.2 Å². The lowest BCUT2D eigenvalue weighted by molar-refractivity contribution is -0.125. The Morgan fingerprint density at radius 3 is 2.82 bits per heavy atom. The number of amides is 1. The lowest BCUT2D eigenvalue weighted by Crippen LogP contribution is -2.43. The van der Waals surface area contributed by atoms with Gasteiger partial charge in [0, 0.05) is 36.7 Å². The van der Waals surface area contributed by atoms with Gasteiger partial charge in [-0.25, -0.2) is 4.98 Å². The van der Waals surface area contributed by atoms with E-state index in [4.69, 9.17) is 11.5 Å². The van der Waals surface area contributed by atoms with Crippen LogP contribution in [0.15, 0.2) is 54.6 Å². The van der Waals surface area contributed by atoms with Crippen molar-refractivity contribution in [2.24, 2.45) is 5.92 Å². The van der Waals surface area contributed by atoms with Crippen molar-refractivity contribution in [2.75, 3.05) is 29.5 Å². The van der Waals surface area contributed by atoms with E-state index >= 15 is 0 Å². The molecule has 3 heterocycles. The average molecular weight is 443 g/mol. The van der Waals surface area contributed by atoms with Crippen molar-refractivity contribution in [1.29, 1.82) is 0 Å². The fraction of sp³-hybridized carbons (Fsp3) is 0.250. The SMILES string of the molecule is Nc1nc(-c2ccc3c(N)n[nH]c3c2)cc(N2CCCC(C(=O)NCc3ccccc3)C2)n1. The molecule has 1 fully saturated rings. The van der Waals surface area contributed by atoms with Crippen molar-refractivity contribution < 1.29 is 4.79 Å². The topological polar surface area (TPSA) is 139 Å². The van der Waals surface area contributed by atoms with Gasteiger partial charge in [0.05, 0.1) is 17.1 Å². The van der Waals surface area contributed by atoms with Crippen LogP contribution in [0, 0.1) is 5.92 Å². The average Bonchev–Trinajstić information content (AvgIpc) is 3.23. The molecular formula is C24H26N8O. The van der Waals surface area contributed by atoms with Gasteiger partial charge in [0.25, 0.3) is 0 Å². The molecule has 2 aromatic heterocycles. The summed E-state index contributed by atoms with van der Waals surface area (Å²) in [7, 11) is 0. The molecule has 1 aliphatic heterocycles. The molecule has 1 unspecified atom stereocenters. The van der Waals surface area contributed by atoms with E-state index in [2.05, 4.69) is 30.4 Å². The zero-order chi connectivity index (χ0) is 22.8. The molecular weight excluding hydrogens is 416 g/mol. The number of anilines is 3.